The molecule has 2 aromatic rings. The van der Waals surface area contributed by atoms with Crippen molar-refractivity contribution in [2.45, 2.75) is 25.7 Å². The molecule has 2 heterocycles. The molecule has 0 saturated carbocycles. The van der Waals surface area contributed by atoms with Gasteiger partial charge in [-0.2, -0.15) is 4.58 Å². The summed E-state index contributed by atoms with van der Waals surface area (Å²) in [6.45, 7) is 8.47. The summed E-state index contributed by atoms with van der Waals surface area (Å²) in [5.74, 6) is 0. The highest BCUT2D eigenvalue weighted by molar-refractivity contribution is 7.10. The highest BCUT2D eigenvalue weighted by atomic mass is 32.1. The minimum atomic E-state index is -0.00832. The van der Waals surface area contributed by atoms with Crippen molar-refractivity contribution in [3.8, 4) is 0 Å². The van der Waals surface area contributed by atoms with Gasteiger partial charge in [-0.1, -0.05) is 23.8 Å². The third-order valence-corrected chi connectivity index (χ3v) is 5.37. The van der Waals surface area contributed by atoms with Crippen LogP contribution >= 0.6 is 11.3 Å². The van der Waals surface area contributed by atoms with Crippen LogP contribution in [0.4, 0.5) is 5.69 Å². The third-order valence-electron chi connectivity index (χ3n) is 4.54. The van der Waals surface area contributed by atoms with Crippen LogP contribution in [0, 0.1) is 6.92 Å². The molecular weight excluding hydrogens is 286 g/mol. The lowest BCUT2D eigenvalue weighted by molar-refractivity contribution is -0.401. The zero-order valence-corrected chi connectivity index (χ0v) is 14.3. The molecule has 2 heteroatoms. The van der Waals surface area contributed by atoms with E-state index in [1.54, 1.807) is 11.3 Å². The fraction of sp³-hybridized carbons (Fsp3) is 0.250. The minimum Gasteiger partial charge on any atom is -0.198 e. The van der Waals surface area contributed by atoms with Gasteiger partial charge >= 0.3 is 0 Å². The molecule has 0 radical (unpaired) electrons. The maximum absolute atomic E-state index is 3.98. The van der Waals surface area contributed by atoms with E-state index in [0.29, 0.717) is 0 Å². The van der Waals surface area contributed by atoms with E-state index >= 15 is 0 Å². The number of nitrogens with zero attached hydrogens (tertiary/aromatic N) is 1. The molecule has 1 aliphatic rings. The van der Waals surface area contributed by atoms with Crippen molar-refractivity contribution in [1.29, 1.82) is 0 Å². The molecule has 0 bridgehead atoms. The number of rotatable bonds is 4. The molecule has 0 saturated heterocycles. The highest BCUT2D eigenvalue weighted by Crippen LogP contribution is 2.42. The molecule has 1 aliphatic heterocycles. The topological polar surface area (TPSA) is 3.01 Å². The van der Waals surface area contributed by atoms with E-state index in [2.05, 4.69) is 79.9 Å². The van der Waals surface area contributed by atoms with Crippen LogP contribution in [0.1, 0.15) is 29.3 Å². The minimum absolute atomic E-state index is 0.00832. The highest BCUT2D eigenvalue weighted by Gasteiger charge is 2.45. The number of thiophene rings is 1. The van der Waals surface area contributed by atoms with Gasteiger partial charge in [0.25, 0.3) is 0 Å². The quantitative estimate of drug-likeness (QED) is 0.530. The first-order valence-corrected chi connectivity index (χ1v) is 8.49. The third kappa shape index (κ3) is 2.38. The van der Waals surface area contributed by atoms with Gasteiger partial charge in [-0.25, -0.2) is 0 Å². The number of aryl methyl sites for hydroxylation is 1. The number of benzene rings is 1. The van der Waals surface area contributed by atoms with Gasteiger partial charge in [0, 0.05) is 22.6 Å². The van der Waals surface area contributed by atoms with Gasteiger partial charge in [0.1, 0.15) is 7.05 Å². The molecule has 112 valence electrons. The van der Waals surface area contributed by atoms with Crippen molar-refractivity contribution in [3.05, 3.63) is 70.4 Å². The van der Waals surface area contributed by atoms with Crippen molar-refractivity contribution in [2.24, 2.45) is 0 Å². The molecule has 0 amide bonds. The van der Waals surface area contributed by atoms with Crippen LogP contribution in [0.15, 0.2) is 54.4 Å². The van der Waals surface area contributed by atoms with E-state index in [0.717, 1.165) is 6.42 Å². The number of hydrogen-bond acceptors (Lipinski definition) is 1. The summed E-state index contributed by atoms with van der Waals surface area (Å²) in [7, 11) is 2.16. The van der Waals surface area contributed by atoms with Crippen LogP contribution in [0.5, 0.6) is 0 Å². The molecule has 0 fully saturated rings. The van der Waals surface area contributed by atoms with Crippen molar-refractivity contribution in [2.75, 3.05) is 7.05 Å². The summed E-state index contributed by atoms with van der Waals surface area (Å²) in [6.07, 6.45) is 7.46. The summed E-state index contributed by atoms with van der Waals surface area (Å²) in [5, 5.41) is 2.11. The van der Waals surface area contributed by atoms with Crippen LogP contribution in [0.3, 0.4) is 0 Å². The average Bonchev–Trinajstić information content (AvgIpc) is 3.06. The second-order valence-corrected chi connectivity index (χ2v) is 7.12. The van der Waals surface area contributed by atoms with E-state index in [-0.39, 0.29) is 5.41 Å². The monoisotopic (exact) mass is 308 g/mol. The summed E-state index contributed by atoms with van der Waals surface area (Å²) in [5.41, 5.74) is 5.35. The second-order valence-electron chi connectivity index (χ2n) is 6.14. The fourth-order valence-electron chi connectivity index (χ4n) is 3.37. The Bertz CT molecular complexity index is 765. The zero-order chi connectivity index (χ0) is 15.7. The zero-order valence-electron chi connectivity index (χ0n) is 13.5. The summed E-state index contributed by atoms with van der Waals surface area (Å²) in [6, 6.07) is 11.0. The molecule has 1 aromatic heterocycles. The lowest BCUT2D eigenvalue weighted by Crippen LogP contribution is -2.30. The largest absolute Gasteiger partial charge is 0.209 e. The van der Waals surface area contributed by atoms with E-state index in [4.69, 9.17) is 0 Å². The molecule has 0 spiro atoms. The first-order valence-electron chi connectivity index (χ1n) is 7.61. The van der Waals surface area contributed by atoms with Crippen LogP contribution in [-0.4, -0.2) is 17.3 Å². The van der Waals surface area contributed by atoms with Gasteiger partial charge in [-0.3, -0.25) is 0 Å². The smallest absolute Gasteiger partial charge is 0.198 e. The van der Waals surface area contributed by atoms with E-state index < -0.39 is 0 Å². The SMILES string of the molecule is C=CCC1(C)C(C=Cc2cccs2)=[N+](C)c2ccc(C)cc21. The van der Waals surface area contributed by atoms with Crippen molar-refractivity contribution >= 4 is 28.8 Å². The molecular formula is C20H22NS+. The van der Waals surface area contributed by atoms with Crippen LogP contribution in [-0.2, 0) is 5.41 Å². The molecule has 0 aliphatic carbocycles. The van der Waals surface area contributed by atoms with Crippen LogP contribution in [0.2, 0.25) is 0 Å². The van der Waals surface area contributed by atoms with E-state index in [1.807, 2.05) is 6.08 Å². The van der Waals surface area contributed by atoms with Gasteiger partial charge < -0.3 is 0 Å². The summed E-state index contributed by atoms with van der Waals surface area (Å²) < 4.78 is 2.32. The summed E-state index contributed by atoms with van der Waals surface area (Å²) >= 11 is 1.77. The van der Waals surface area contributed by atoms with Crippen LogP contribution < -0.4 is 0 Å². The Kier molecular flexibility index (Phi) is 3.88. The number of fused-ring (bicyclic) bond motifs is 1. The Morgan fingerprint density at radius 3 is 2.77 bits per heavy atom. The Labute approximate surface area is 136 Å². The molecule has 1 aromatic carbocycles. The Morgan fingerprint density at radius 2 is 2.09 bits per heavy atom. The lowest BCUT2D eigenvalue weighted by Gasteiger charge is -2.20. The van der Waals surface area contributed by atoms with Gasteiger partial charge in [-0.15, -0.1) is 17.9 Å². The molecule has 1 atom stereocenters. The standard InChI is InChI=1S/C20H22NS/c1-5-12-20(3)17-14-15(2)8-10-18(17)21(4)19(20)11-9-16-7-6-13-22-16/h5-11,13-14H,1,12H2,2-4H3/q+1. The lowest BCUT2D eigenvalue weighted by atomic mass is 9.76. The number of hydrogen-bond donors (Lipinski definition) is 0. The molecule has 1 nitrogen and oxygen atoms in total. The first kappa shape index (κ1) is 15.0. The predicted molar refractivity (Wildman–Crippen MR) is 97.5 cm³/mol. The fourth-order valence-corrected chi connectivity index (χ4v) is 3.99. The van der Waals surface area contributed by atoms with Crippen molar-refractivity contribution in [3.63, 3.8) is 0 Å². The van der Waals surface area contributed by atoms with Gasteiger partial charge in [0.05, 0.1) is 5.41 Å². The summed E-state index contributed by atoms with van der Waals surface area (Å²) in [4.78, 5) is 1.29. The molecule has 1 unspecified atom stereocenters. The van der Waals surface area contributed by atoms with Gasteiger partial charge in [0.2, 0.25) is 5.69 Å². The molecule has 22 heavy (non-hydrogen) atoms. The van der Waals surface area contributed by atoms with Gasteiger partial charge in [-0.05, 0) is 43.9 Å². The van der Waals surface area contributed by atoms with Crippen molar-refractivity contribution < 1.29 is 4.58 Å². The Morgan fingerprint density at radius 1 is 1.27 bits per heavy atom. The maximum Gasteiger partial charge on any atom is 0.209 e. The Hall–Kier alpha value is -1.93. The number of allylic oxidation sites excluding steroid dienone is 2. The van der Waals surface area contributed by atoms with Gasteiger partial charge in [0.15, 0.2) is 5.71 Å². The first-order chi connectivity index (χ1) is 10.6. The molecule has 0 N–H and O–H groups in total. The second kappa shape index (κ2) is 5.69. The van der Waals surface area contributed by atoms with Crippen molar-refractivity contribution in [1.82, 2.24) is 0 Å². The predicted octanol–water partition coefficient (Wildman–Crippen LogP) is 5.33. The maximum atomic E-state index is 3.98. The van der Waals surface area contributed by atoms with Crippen LogP contribution in [0.25, 0.3) is 6.08 Å². The van der Waals surface area contributed by atoms with E-state index in [9.17, 15) is 0 Å². The normalized spacial score (nSPS) is 20.7. The van der Waals surface area contributed by atoms with E-state index in [1.165, 1.54) is 27.4 Å². The Balaban J connectivity index is 2.11. The molecule has 3 rings (SSSR count). The average molecular weight is 308 g/mol.